The molecule has 1 saturated heterocycles. The van der Waals surface area contributed by atoms with Crippen LogP contribution in [0.5, 0.6) is 0 Å². The number of nitrogens with one attached hydrogen (secondary N) is 1. The molecule has 138 valence electrons. The second-order valence-corrected chi connectivity index (χ2v) is 9.34. The predicted molar refractivity (Wildman–Crippen MR) is 96.1 cm³/mol. The van der Waals surface area contributed by atoms with E-state index in [2.05, 4.69) is 4.72 Å². The van der Waals surface area contributed by atoms with E-state index in [0.29, 0.717) is 18.7 Å². The molecule has 1 fully saturated rings. The SMILES string of the molecule is O=[N+]([O-])c1cccc(S(=O)(=O)Nc2ccc(N3CCCS3(=O)=O)cc2)c1. The second kappa shape index (κ2) is 6.57. The zero-order chi connectivity index (χ0) is 18.9. The standard InChI is InChI=1S/C15H15N3O6S2/c19-18(20)14-3-1-4-15(11-14)26(23,24)16-12-5-7-13(8-6-12)17-9-2-10-25(17,21)22/h1,3-8,11,16H,2,9-10H2. The van der Waals surface area contributed by atoms with Gasteiger partial charge in [-0.2, -0.15) is 0 Å². The topological polar surface area (TPSA) is 127 Å². The van der Waals surface area contributed by atoms with Gasteiger partial charge in [0.25, 0.3) is 15.7 Å². The molecule has 0 bridgehead atoms. The fourth-order valence-electron chi connectivity index (χ4n) is 2.60. The zero-order valence-electron chi connectivity index (χ0n) is 13.4. The average Bonchev–Trinajstić information content (AvgIpc) is 2.94. The summed E-state index contributed by atoms with van der Waals surface area (Å²) < 4.78 is 52.2. The van der Waals surface area contributed by atoms with Crippen molar-refractivity contribution in [2.24, 2.45) is 0 Å². The Bertz CT molecular complexity index is 1050. The Kier molecular flexibility index (Phi) is 4.59. The van der Waals surface area contributed by atoms with Crippen molar-refractivity contribution < 1.29 is 21.8 Å². The normalized spacial score (nSPS) is 16.4. The lowest BCUT2D eigenvalue weighted by atomic mass is 10.3. The smallest absolute Gasteiger partial charge is 0.270 e. The van der Waals surface area contributed by atoms with Crippen LogP contribution < -0.4 is 9.03 Å². The lowest BCUT2D eigenvalue weighted by Crippen LogP contribution is -2.25. The lowest BCUT2D eigenvalue weighted by Gasteiger charge is -2.17. The first-order chi connectivity index (χ1) is 12.2. The minimum absolute atomic E-state index is 0.0914. The first-order valence-electron chi connectivity index (χ1n) is 7.57. The highest BCUT2D eigenvalue weighted by Crippen LogP contribution is 2.26. The Labute approximate surface area is 150 Å². The molecule has 0 aliphatic carbocycles. The van der Waals surface area contributed by atoms with Crippen LogP contribution in [0.15, 0.2) is 53.4 Å². The predicted octanol–water partition coefficient (Wildman–Crippen LogP) is 1.94. The minimum atomic E-state index is -4.01. The van der Waals surface area contributed by atoms with Crippen LogP contribution >= 0.6 is 0 Å². The van der Waals surface area contributed by atoms with E-state index in [4.69, 9.17) is 0 Å². The molecule has 0 spiro atoms. The van der Waals surface area contributed by atoms with Crippen LogP contribution in [0.25, 0.3) is 0 Å². The van der Waals surface area contributed by atoms with E-state index in [9.17, 15) is 26.9 Å². The average molecular weight is 397 g/mol. The van der Waals surface area contributed by atoms with E-state index in [0.717, 1.165) is 6.07 Å². The molecule has 1 aliphatic rings. The lowest BCUT2D eigenvalue weighted by molar-refractivity contribution is -0.385. The van der Waals surface area contributed by atoms with Gasteiger partial charge in [-0.15, -0.1) is 0 Å². The molecule has 1 N–H and O–H groups in total. The van der Waals surface area contributed by atoms with Crippen molar-refractivity contribution in [3.63, 3.8) is 0 Å². The number of hydrogen-bond acceptors (Lipinski definition) is 6. The van der Waals surface area contributed by atoms with E-state index in [1.807, 2.05) is 0 Å². The molecular formula is C15H15N3O6S2. The molecule has 1 heterocycles. The maximum atomic E-state index is 12.4. The molecule has 0 saturated carbocycles. The third-order valence-corrected chi connectivity index (χ3v) is 7.09. The molecular weight excluding hydrogens is 382 g/mol. The van der Waals surface area contributed by atoms with Gasteiger partial charge in [0.1, 0.15) is 0 Å². The highest BCUT2D eigenvalue weighted by Gasteiger charge is 2.28. The number of sulfonamides is 2. The highest BCUT2D eigenvalue weighted by molar-refractivity contribution is 7.93. The molecule has 2 aromatic carbocycles. The number of benzene rings is 2. The largest absolute Gasteiger partial charge is 0.280 e. The molecule has 0 radical (unpaired) electrons. The zero-order valence-corrected chi connectivity index (χ0v) is 15.0. The number of hydrogen-bond donors (Lipinski definition) is 1. The van der Waals surface area contributed by atoms with Crippen LogP contribution in [-0.2, 0) is 20.0 Å². The fraction of sp³-hybridized carbons (Fsp3) is 0.200. The van der Waals surface area contributed by atoms with E-state index in [1.165, 1.54) is 46.8 Å². The summed E-state index contributed by atoms with van der Waals surface area (Å²) in [5.74, 6) is 0.0914. The summed E-state index contributed by atoms with van der Waals surface area (Å²) >= 11 is 0. The van der Waals surface area contributed by atoms with Crippen molar-refractivity contribution in [3.05, 3.63) is 58.6 Å². The summed E-state index contributed by atoms with van der Waals surface area (Å²) in [4.78, 5) is 9.88. The van der Waals surface area contributed by atoms with Gasteiger partial charge in [0.05, 0.1) is 21.3 Å². The first kappa shape index (κ1) is 18.1. The van der Waals surface area contributed by atoms with Crippen molar-refractivity contribution in [1.82, 2.24) is 0 Å². The number of nitrogens with zero attached hydrogens (tertiary/aromatic N) is 2. The Morgan fingerprint density at radius 2 is 1.81 bits per heavy atom. The second-order valence-electron chi connectivity index (χ2n) is 5.65. The summed E-state index contributed by atoms with van der Waals surface area (Å²) in [5.41, 5.74) is 0.347. The molecule has 1 aliphatic heterocycles. The Hall–Kier alpha value is -2.66. The van der Waals surface area contributed by atoms with Crippen LogP contribution in [0, 0.1) is 10.1 Å². The van der Waals surface area contributed by atoms with Crippen molar-refractivity contribution in [1.29, 1.82) is 0 Å². The van der Waals surface area contributed by atoms with Crippen molar-refractivity contribution in [2.75, 3.05) is 21.3 Å². The maximum Gasteiger partial charge on any atom is 0.270 e. The van der Waals surface area contributed by atoms with Gasteiger partial charge in [0, 0.05) is 24.4 Å². The summed E-state index contributed by atoms with van der Waals surface area (Å²) in [7, 11) is -7.32. The van der Waals surface area contributed by atoms with Crippen LogP contribution in [0.4, 0.5) is 17.1 Å². The monoisotopic (exact) mass is 397 g/mol. The van der Waals surface area contributed by atoms with E-state index in [1.54, 1.807) is 0 Å². The molecule has 3 rings (SSSR count). The summed E-state index contributed by atoms with van der Waals surface area (Å²) in [6.45, 7) is 0.390. The Morgan fingerprint density at radius 3 is 2.38 bits per heavy atom. The number of rotatable bonds is 5. The third kappa shape index (κ3) is 3.63. The van der Waals surface area contributed by atoms with Gasteiger partial charge in [0.15, 0.2) is 0 Å². The first-order valence-corrected chi connectivity index (χ1v) is 10.7. The van der Waals surface area contributed by atoms with Crippen LogP contribution in [0.3, 0.4) is 0 Å². The van der Waals surface area contributed by atoms with Gasteiger partial charge in [-0.1, -0.05) is 6.07 Å². The summed E-state index contributed by atoms with van der Waals surface area (Å²) in [6, 6.07) is 10.6. The van der Waals surface area contributed by atoms with Crippen molar-refractivity contribution >= 4 is 37.1 Å². The summed E-state index contributed by atoms with van der Waals surface area (Å²) in [5, 5.41) is 10.8. The quantitative estimate of drug-likeness (QED) is 0.607. The Balaban J connectivity index is 1.82. The van der Waals surface area contributed by atoms with Gasteiger partial charge >= 0.3 is 0 Å². The van der Waals surface area contributed by atoms with Gasteiger partial charge in [-0.3, -0.25) is 19.1 Å². The third-order valence-electron chi connectivity index (χ3n) is 3.85. The van der Waals surface area contributed by atoms with E-state index >= 15 is 0 Å². The van der Waals surface area contributed by atoms with Gasteiger partial charge in [-0.05, 0) is 36.8 Å². The molecule has 0 amide bonds. The van der Waals surface area contributed by atoms with Gasteiger partial charge in [-0.25, -0.2) is 16.8 Å². The number of nitro benzene ring substituents is 1. The van der Waals surface area contributed by atoms with Crippen LogP contribution in [0.2, 0.25) is 0 Å². The number of anilines is 2. The molecule has 11 heteroatoms. The van der Waals surface area contributed by atoms with Crippen molar-refractivity contribution in [2.45, 2.75) is 11.3 Å². The molecule has 0 atom stereocenters. The molecule has 0 unspecified atom stereocenters. The molecule has 26 heavy (non-hydrogen) atoms. The maximum absolute atomic E-state index is 12.4. The Morgan fingerprint density at radius 1 is 1.12 bits per heavy atom. The van der Waals surface area contributed by atoms with E-state index in [-0.39, 0.29) is 22.0 Å². The minimum Gasteiger partial charge on any atom is -0.280 e. The summed E-state index contributed by atoms with van der Waals surface area (Å²) in [6.07, 6.45) is 0.545. The highest BCUT2D eigenvalue weighted by atomic mass is 32.2. The van der Waals surface area contributed by atoms with Crippen LogP contribution in [-0.4, -0.2) is 34.1 Å². The van der Waals surface area contributed by atoms with Gasteiger partial charge in [0.2, 0.25) is 10.0 Å². The molecule has 9 nitrogen and oxygen atoms in total. The van der Waals surface area contributed by atoms with E-state index < -0.39 is 25.0 Å². The van der Waals surface area contributed by atoms with Gasteiger partial charge < -0.3 is 0 Å². The molecule has 0 aromatic heterocycles. The number of nitro groups is 1. The fourth-order valence-corrected chi connectivity index (χ4v) is 5.27. The van der Waals surface area contributed by atoms with Crippen molar-refractivity contribution in [3.8, 4) is 0 Å². The number of non-ortho nitro benzene ring substituents is 1. The molecule has 2 aromatic rings. The van der Waals surface area contributed by atoms with Crippen LogP contribution in [0.1, 0.15) is 6.42 Å².